The number of hydrogen-bond acceptors (Lipinski definition) is 5. The summed E-state index contributed by atoms with van der Waals surface area (Å²) in [7, 11) is 0. The summed E-state index contributed by atoms with van der Waals surface area (Å²) in [6, 6.07) is 6.47. The molecule has 0 aliphatic heterocycles. The fourth-order valence-corrected chi connectivity index (χ4v) is 1.76. The number of anilines is 2. The van der Waals surface area contributed by atoms with Crippen LogP contribution in [0.2, 0.25) is 0 Å². The zero-order chi connectivity index (χ0) is 11.5. The molecule has 6 heteroatoms. The van der Waals surface area contributed by atoms with Crippen molar-refractivity contribution in [1.82, 2.24) is 9.36 Å². The van der Waals surface area contributed by atoms with Crippen LogP contribution in [0.25, 0.3) is 0 Å². The van der Waals surface area contributed by atoms with Gasteiger partial charge in [0.2, 0.25) is 5.13 Å². The Kier molecular flexibility index (Phi) is 2.82. The van der Waals surface area contributed by atoms with Crippen LogP contribution in [0.1, 0.15) is 16.2 Å². The maximum atomic E-state index is 10.6. The molecule has 0 unspecified atom stereocenters. The molecule has 16 heavy (non-hydrogen) atoms. The molecule has 1 aromatic carbocycles. The van der Waals surface area contributed by atoms with Crippen LogP contribution in [0, 0.1) is 6.92 Å². The number of nitrogens with zero attached hydrogens (tertiary/aromatic N) is 2. The number of benzene rings is 1. The Morgan fingerprint density at radius 3 is 2.56 bits per heavy atom. The Hall–Kier alpha value is -1.95. The Morgan fingerprint density at radius 1 is 1.38 bits per heavy atom. The van der Waals surface area contributed by atoms with Crippen molar-refractivity contribution in [3.8, 4) is 0 Å². The number of rotatable bonds is 3. The second-order valence-corrected chi connectivity index (χ2v) is 3.91. The lowest BCUT2D eigenvalue weighted by molar-refractivity contribution is 0.0697. The van der Waals surface area contributed by atoms with E-state index in [0.717, 1.165) is 11.5 Å². The zero-order valence-corrected chi connectivity index (χ0v) is 9.28. The van der Waals surface area contributed by atoms with E-state index >= 15 is 0 Å². The van der Waals surface area contributed by atoms with Crippen LogP contribution in [0.5, 0.6) is 0 Å². The van der Waals surface area contributed by atoms with Crippen molar-refractivity contribution in [2.24, 2.45) is 0 Å². The number of aromatic nitrogens is 2. The second-order valence-electron chi connectivity index (χ2n) is 3.15. The Bertz CT molecular complexity index is 507. The molecule has 0 amide bonds. The molecular weight excluding hydrogens is 226 g/mol. The van der Waals surface area contributed by atoms with Crippen molar-refractivity contribution in [2.45, 2.75) is 6.92 Å². The number of hydrogen-bond donors (Lipinski definition) is 2. The number of carboxylic acid groups (broad SMARTS) is 1. The molecule has 0 fully saturated rings. The van der Waals surface area contributed by atoms with Gasteiger partial charge in [0, 0.05) is 17.2 Å². The molecule has 0 radical (unpaired) electrons. The van der Waals surface area contributed by atoms with Crippen LogP contribution in [0.15, 0.2) is 24.3 Å². The van der Waals surface area contributed by atoms with Crippen molar-refractivity contribution in [3.05, 3.63) is 35.7 Å². The molecule has 0 spiro atoms. The van der Waals surface area contributed by atoms with Gasteiger partial charge < -0.3 is 10.4 Å². The average Bonchev–Trinajstić information content (AvgIpc) is 2.65. The Balaban J connectivity index is 2.14. The van der Waals surface area contributed by atoms with Crippen LogP contribution in [0.3, 0.4) is 0 Å². The normalized spacial score (nSPS) is 10.1. The van der Waals surface area contributed by atoms with E-state index in [0.29, 0.717) is 5.13 Å². The molecule has 0 saturated heterocycles. The molecule has 1 aromatic heterocycles. The summed E-state index contributed by atoms with van der Waals surface area (Å²) in [5.74, 6) is -0.215. The summed E-state index contributed by atoms with van der Waals surface area (Å²) in [6.07, 6.45) is 0. The lowest BCUT2D eigenvalue weighted by Crippen LogP contribution is -1.96. The minimum absolute atomic E-state index is 0.263. The molecular formula is C10H9N3O2S. The predicted molar refractivity (Wildman–Crippen MR) is 61.3 cm³/mol. The number of carboxylic acids is 1. The quantitative estimate of drug-likeness (QED) is 0.853. The third-order valence-corrected chi connectivity index (χ3v) is 2.63. The monoisotopic (exact) mass is 235 g/mol. The number of aromatic carboxylic acids is 1. The first-order valence-electron chi connectivity index (χ1n) is 4.56. The summed E-state index contributed by atoms with van der Waals surface area (Å²) >= 11 is 1.27. The molecule has 2 rings (SSSR count). The van der Waals surface area contributed by atoms with Crippen molar-refractivity contribution < 1.29 is 9.90 Å². The lowest BCUT2D eigenvalue weighted by atomic mass is 10.2. The highest BCUT2D eigenvalue weighted by atomic mass is 32.1. The topological polar surface area (TPSA) is 75.1 Å². The van der Waals surface area contributed by atoms with Gasteiger partial charge in [-0.15, -0.1) is 0 Å². The third-order valence-electron chi connectivity index (χ3n) is 1.91. The van der Waals surface area contributed by atoms with Crippen molar-refractivity contribution in [3.63, 3.8) is 0 Å². The second kappa shape index (κ2) is 4.28. The molecule has 1 heterocycles. The number of carbonyl (C=O) groups is 1. The molecule has 0 aliphatic rings. The smallest absolute Gasteiger partial charge is 0.335 e. The van der Waals surface area contributed by atoms with Crippen LogP contribution >= 0.6 is 11.5 Å². The first-order chi connectivity index (χ1) is 7.65. The van der Waals surface area contributed by atoms with Gasteiger partial charge >= 0.3 is 5.97 Å². The summed E-state index contributed by atoms with van der Waals surface area (Å²) in [6.45, 7) is 1.81. The minimum Gasteiger partial charge on any atom is -0.478 e. The van der Waals surface area contributed by atoms with E-state index in [1.165, 1.54) is 11.5 Å². The Morgan fingerprint density at radius 2 is 2.06 bits per heavy atom. The van der Waals surface area contributed by atoms with Crippen LogP contribution in [0.4, 0.5) is 10.8 Å². The van der Waals surface area contributed by atoms with Gasteiger partial charge in [0.25, 0.3) is 0 Å². The summed E-state index contributed by atoms with van der Waals surface area (Å²) in [5, 5.41) is 12.5. The van der Waals surface area contributed by atoms with Crippen molar-refractivity contribution in [1.29, 1.82) is 0 Å². The van der Waals surface area contributed by atoms with E-state index in [1.54, 1.807) is 24.3 Å². The fourth-order valence-electron chi connectivity index (χ4n) is 1.17. The molecule has 2 N–H and O–H groups in total. The maximum Gasteiger partial charge on any atom is 0.335 e. The Labute approximate surface area is 95.9 Å². The standard InChI is InChI=1S/C10H9N3O2S/c1-6-11-10(16-13-6)12-8-4-2-7(3-5-8)9(14)15/h2-5H,1H3,(H,14,15)(H,11,12,13). The van der Waals surface area contributed by atoms with Gasteiger partial charge in [-0.25, -0.2) is 9.78 Å². The zero-order valence-electron chi connectivity index (χ0n) is 8.47. The molecule has 2 aromatic rings. The number of aryl methyl sites for hydroxylation is 1. The SMILES string of the molecule is Cc1nsc(Nc2ccc(C(=O)O)cc2)n1. The van der Waals surface area contributed by atoms with Gasteiger partial charge in [-0.2, -0.15) is 4.37 Å². The van der Waals surface area contributed by atoms with Crippen LogP contribution < -0.4 is 5.32 Å². The first kappa shape index (κ1) is 10.6. The van der Waals surface area contributed by atoms with Gasteiger partial charge in [0.15, 0.2) is 0 Å². The van der Waals surface area contributed by atoms with E-state index in [-0.39, 0.29) is 5.56 Å². The molecule has 0 saturated carbocycles. The summed E-state index contributed by atoms with van der Waals surface area (Å²) < 4.78 is 4.03. The van der Waals surface area contributed by atoms with E-state index in [9.17, 15) is 4.79 Å². The molecule has 5 nitrogen and oxygen atoms in total. The van der Waals surface area contributed by atoms with E-state index in [2.05, 4.69) is 14.7 Å². The first-order valence-corrected chi connectivity index (χ1v) is 5.33. The highest BCUT2D eigenvalue weighted by molar-refractivity contribution is 7.09. The largest absolute Gasteiger partial charge is 0.478 e. The molecule has 0 atom stereocenters. The number of nitrogens with one attached hydrogen (secondary N) is 1. The van der Waals surface area contributed by atoms with Gasteiger partial charge in [0.05, 0.1) is 5.56 Å². The third kappa shape index (κ3) is 2.34. The minimum atomic E-state index is -0.932. The van der Waals surface area contributed by atoms with Gasteiger partial charge in [-0.05, 0) is 31.2 Å². The summed E-state index contributed by atoms with van der Waals surface area (Å²) in [4.78, 5) is 14.8. The maximum absolute atomic E-state index is 10.6. The van der Waals surface area contributed by atoms with Gasteiger partial charge in [-0.1, -0.05) is 0 Å². The van der Waals surface area contributed by atoms with Crippen LogP contribution in [-0.4, -0.2) is 20.4 Å². The van der Waals surface area contributed by atoms with E-state index in [1.807, 2.05) is 6.92 Å². The van der Waals surface area contributed by atoms with E-state index < -0.39 is 5.97 Å². The van der Waals surface area contributed by atoms with Crippen LogP contribution in [-0.2, 0) is 0 Å². The molecule has 0 bridgehead atoms. The molecule has 0 aliphatic carbocycles. The highest BCUT2D eigenvalue weighted by Crippen LogP contribution is 2.18. The molecule has 82 valence electrons. The highest BCUT2D eigenvalue weighted by Gasteiger charge is 2.03. The van der Waals surface area contributed by atoms with Crippen molar-refractivity contribution >= 4 is 28.3 Å². The van der Waals surface area contributed by atoms with Gasteiger partial charge in [0.1, 0.15) is 5.82 Å². The lowest BCUT2D eigenvalue weighted by Gasteiger charge is -2.01. The summed E-state index contributed by atoms with van der Waals surface area (Å²) in [5.41, 5.74) is 1.06. The van der Waals surface area contributed by atoms with Gasteiger partial charge in [-0.3, -0.25) is 0 Å². The average molecular weight is 235 g/mol. The predicted octanol–water partition coefficient (Wildman–Crippen LogP) is 2.29. The fraction of sp³-hybridized carbons (Fsp3) is 0.100. The van der Waals surface area contributed by atoms with Crippen molar-refractivity contribution in [2.75, 3.05) is 5.32 Å². The van der Waals surface area contributed by atoms with E-state index in [4.69, 9.17) is 5.11 Å².